The molecule has 7 heteroatoms. The van der Waals surface area contributed by atoms with Crippen LogP contribution in [0.1, 0.15) is 17.7 Å². The molecular formula is C17H18Cl2N2O2S. The Morgan fingerprint density at radius 2 is 2.00 bits per heavy atom. The Morgan fingerprint density at radius 1 is 1.21 bits per heavy atom. The average molecular weight is 385 g/mol. The first-order valence-electron chi connectivity index (χ1n) is 7.71. The molecule has 0 spiro atoms. The Kier molecular flexibility index (Phi) is 5.66. The summed E-state index contributed by atoms with van der Waals surface area (Å²) < 4.78 is 5.50. The van der Waals surface area contributed by atoms with E-state index in [9.17, 15) is 4.79 Å². The number of hydrogen-bond acceptors (Lipinski definition) is 3. The van der Waals surface area contributed by atoms with Gasteiger partial charge < -0.3 is 15.4 Å². The van der Waals surface area contributed by atoms with Gasteiger partial charge in [0.15, 0.2) is 0 Å². The third-order valence-electron chi connectivity index (χ3n) is 4.26. The summed E-state index contributed by atoms with van der Waals surface area (Å²) in [5, 5.41) is 8.72. The van der Waals surface area contributed by atoms with Crippen molar-refractivity contribution in [1.82, 2.24) is 5.32 Å². The van der Waals surface area contributed by atoms with E-state index in [4.69, 9.17) is 27.9 Å². The topological polar surface area (TPSA) is 50.4 Å². The Labute approximate surface area is 155 Å². The minimum Gasteiger partial charge on any atom is -0.381 e. The third kappa shape index (κ3) is 4.03. The number of amides is 2. The number of thiophene rings is 1. The Hall–Kier alpha value is -1.27. The highest BCUT2D eigenvalue weighted by atomic mass is 35.5. The molecule has 1 aromatic carbocycles. The number of carbonyl (C=O) groups is 1. The summed E-state index contributed by atoms with van der Waals surface area (Å²) in [6, 6.07) is 8.94. The van der Waals surface area contributed by atoms with Crippen molar-refractivity contribution < 1.29 is 9.53 Å². The number of rotatable bonds is 4. The average Bonchev–Trinajstić information content (AvgIpc) is 3.13. The molecule has 1 fully saturated rings. The summed E-state index contributed by atoms with van der Waals surface area (Å²) in [7, 11) is 0. The second-order valence-corrected chi connectivity index (χ2v) is 7.57. The molecule has 1 aliphatic heterocycles. The molecule has 0 unspecified atom stereocenters. The number of carbonyl (C=O) groups excluding carboxylic acids is 1. The number of urea groups is 1. The quantitative estimate of drug-likeness (QED) is 0.785. The summed E-state index contributed by atoms with van der Waals surface area (Å²) in [6.07, 6.45) is 1.81. The number of halogens is 2. The molecule has 128 valence electrons. The summed E-state index contributed by atoms with van der Waals surface area (Å²) in [4.78, 5) is 13.5. The molecule has 2 N–H and O–H groups in total. The largest absolute Gasteiger partial charge is 0.381 e. The summed E-state index contributed by atoms with van der Waals surface area (Å²) in [6.45, 7) is 2.01. The first-order valence-corrected chi connectivity index (χ1v) is 9.34. The van der Waals surface area contributed by atoms with Gasteiger partial charge >= 0.3 is 6.03 Å². The lowest BCUT2D eigenvalue weighted by Gasteiger charge is -2.36. The molecule has 0 saturated carbocycles. The van der Waals surface area contributed by atoms with E-state index >= 15 is 0 Å². The van der Waals surface area contributed by atoms with Gasteiger partial charge in [-0.25, -0.2) is 4.79 Å². The molecule has 2 heterocycles. The van der Waals surface area contributed by atoms with Gasteiger partial charge in [-0.05, 0) is 42.5 Å². The van der Waals surface area contributed by atoms with Crippen molar-refractivity contribution >= 4 is 46.3 Å². The van der Waals surface area contributed by atoms with Crippen LogP contribution in [0.15, 0.2) is 35.7 Å². The fourth-order valence-corrected chi connectivity index (χ4v) is 4.14. The molecule has 24 heavy (non-hydrogen) atoms. The van der Waals surface area contributed by atoms with Gasteiger partial charge in [0.05, 0.1) is 10.0 Å². The Morgan fingerprint density at radius 3 is 2.67 bits per heavy atom. The van der Waals surface area contributed by atoms with Gasteiger partial charge in [0.25, 0.3) is 0 Å². The fraction of sp³-hybridized carbons (Fsp3) is 0.353. The van der Waals surface area contributed by atoms with E-state index in [2.05, 4.69) is 22.1 Å². The van der Waals surface area contributed by atoms with Gasteiger partial charge in [-0.15, -0.1) is 11.3 Å². The first kappa shape index (κ1) is 17.5. The molecule has 0 atom stereocenters. The van der Waals surface area contributed by atoms with Gasteiger partial charge in [-0.1, -0.05) is 29.3 Å². The van der Waals surface area contributed by atoms with Crippen LogP contribution in [0.2, 0.25) is 10.0 Å². The maximum atomic E-state index is 12.2. The van der Waals surface area contributed by atoms with Crippen LogP contribution in [0.3, 0.4) is 0 Å². The highest BCUT2D eigenvalue weighted by Gasteiger charge is 2.35. The van der Waals surface area contributed by atoms with Crippen molar-refractivity contribution in [3.05, 3.63) is 50.6 Å². The molecule has 2 amide bonds. The van der Waals surface area contributed by atoms with Crippen molar-refractivity contribution in [3.8, 4) is 0 Å². The molecule has 1 aromatic heterocycles. The van der Waals surface area contributed by atoms with Crippen molar-refractivity contribution in [3.63, 3.8) is 0 Å². The molecule has 2 aromatic rings. The van der Waals surface area contributed by atoms with Crippen LogP contribution in [0, 0.1) is 0 Å². The van der Waals surface area contributed by atoms with Gasteiger partial charge in [0.1, 0.15) is 0 Å². The second kappa shape index (κ2) is 7.74. The summed E-state index contributed by atoms with van der Waals surface area (Å²) >= 11 is 13.6. The maximum Gasteiger partial charge on any atom is 0.319 e. The molecule has 0 radical (unpaired) electrons. The van der Waals surface area contributed by atoms with Crippen LogP contribution >= 0.6 is 34.5 Å². The van der Waals surface area contributed by atoms with E-state index in [0.29, 0.717) is 35.5 Å². The van der Waals surface area contributed by atoms with Crippen LogP contribution in [-0.2, 0) is 10.2 Å². The highest BCUT2D eigenvalue weighted by Crippen LogP contribution is 2.37. The number of anilines is 1. The standard InChI is InChI=1S/C17H18Cl2N2O2S/c18-13-4-3-12(10-14(13)19)21-16(22)20-11-17(5-7-23-8-6-17)15-2-1-9-24-15/h1-4,9-10H,5-8,11H2,(H2,20,21,22). The molecule has 0 bridgehead atoms. The third-order valence-corrected chi connectivity index (χ3v) is 6.11. The van der Waals surface area contributed by atoms with Crippen molar-refractivity contribution in [2.45, 2.75) is 18.3 Å². The van der Waals surface area contributed by atoms with E-state index < -0.39 is 0 Å². The van der Waals surface area contributed by atoms with E-state index in [-0.39, 0.29) is 11.4 Å². The van der Waals surface area contributed by atoms with Crippen LogP contribution in [0.25, 0.3) is 0 Å². The van der Waals surface area contributed by atoms with E-state index in [1.165, 1.54) is 4.88 Å². The number of nitrogens with one attached hydrogen (secondary N) is 2. The number of benzene rings is 1. The van der Waals surface area contributed by atoms with E-state index in [0.717, 1.165) is 12.8 Å². The molecule has 0 aliphatic carbocycles. The first-order chi connectivity index (χ1) is 11.6. The molecular weight excluding hydrogens is 367 g/mol. The van der Waals surface area contributed by atoms with Crippen LogP contribution in [-0.4, -0.2) is 25.8 Å². The van der Waals surface area contributed by atoms with Crippen molar-refractivity contribution in [1.29, 1.82) is 0 Å². The predicted molar refractivity (Wildman–Crippen MR) is 99.5 cm³/mol. The molecule has 4 nitrogen and oxygen atoms in total. The lowest BCUT2D eigenvalue weighted by atomic mass is 9.78. The van der Waals surface area contributed by atoms with Crippen molar-refractivity contribution in [2.75, 3.05) is 25.1 Å². The zero-order valence-corrected chi connectivity index (χ0v) is 15.3. The van der Waals surface area contributed by atoms with Crippen LogP contribution in [0.5, 0.6) is 0 Å². The minimum absolute atomic E-state index is 0.0542. The van der Waals surface area contributed by atoms with Crippen LogP contribution < -0.4 is 10.6 Å². The monoisotopic (exact) mass is 384 g/mol. The summed E-state index contributed by atoms with van der Waals surface area (Å²) in [5.74, 6) is 0. The molecule has 1 saturated heterocycles. The number of ether oxygens (including phenoxy) is 1. The normalized spacial score (nSPS) is 16.6. The lowest BCUT2D eigenvalue weighted by molar-refractivity contribution is 0.0521. The van der Waals surface area contributed by atoms with Gasteiger partial charge in [-0.3, -0.25) is 0 Å². The Bertz CT molecular complexity index is 701. The number of hydrogen-bond donors (Lipinski definition) is 2. The Balaban J connectivity index is 1.64. The van der Waals surface area contributed by atoms with Crippen molar-refractivity contribution in [2.24, 2.45) is 0 Å². The summed E-state index contributed by atoms with van der Waals surface area (Å²) in [5.41, 5.74) is 0.556. The SMILES string of the molecule is O=C(NCC1(c2cccs2)CCOCC1)Nc1ccc(Cl)c(Cl)c1. The van der Waals surface area contributed by atoms with Gasteiger partial charge in [0, 0.05) is 35.7 Å². The smallest absolute Gasteiger partial charge is 0.319 e. The molecule has 3 rings (SSSR count). The lowest BCUT2D eigenvalue weighted by Crippen LogP contribution is -2.45. The maximum absolute atomic E-state index is 12.2. The zero-order valence-electron chi connectivity index (χ0n) is 13.0. The van der Waals surface area contributed by atoms with Crippen LogP contribution in [0.4, 0.5) is 10.5 Å². The van der Waals surface area contributed by atoms with Gasteiger partial charge in [-0.2, -0.15) is 0 Å². The predicted octanol–water partition coefficient (Wildman–Crippen LogP) is 4.92. The van der Waals surface area contributed by atoms with E-state index in [1.807, 2.05) is 6.07 Å². The molecule has 1 aliphatic rings. The van der Waals surface area contributed by atoms with E-state index in [1.54, 1.807) is 29.5 Å². The van der Waals surface area contributed by atoms with Gasteiger partial charge in [0.2, 0.25) is 0 Å². The zero-order chi connectivity index (χ0) is 17.0. The highest BCUT2D eigenvalue weighted by molar-refractivity contribution is 7.10. The minimum atomic E-state index is -0.254. The second-order valence-electron chi connectivity index (χ2n) is 5.81. The fourth-order valence-electron chi connectivity index (χ4n) is 2.85.